The minimum Gasteiger partial charge on any atom is -0.480 e. The van der Waals surface area contributed by atoms with Gasteiger partial charge in [0.25, 0.3) is 0 Å². The fourth-order valence-corrected chi connectivity index (χ4v) is 2.99. The van der Waals surface area contributed by atoms with Crippen LogP contribution in [0.25, 0.3) is 0 Å². The van der Waals surface area contributed by atoms with Crippen LogP contribution in [-0.4, -0.2) is 11.1 Å². The maximum Gasteiger partial charge on any atom is 0.321 e. The van der Waals surface area contributed by atoms with Gasteiger partial charge < -0.3 is 5.11 Å². The standard InChI is InChI=1S/C16H16O2S/c1-11-8-9-14(12(2)10-11)19-15(16(17)18)13-6-4-3-5-7-13/h3-10,15H,1-2H3,(H,17,18)/t15-/m1/s1. The van der Waals surface area contributed by atoms with Crippen molar-refractivity contribution in [2.24, 2.45) is 0 Å². The lowest BCUT2D eigenvalue weighted by Gasteiger charge is -2.14. The molecule has 0 saturated heterocycles. The number of benzene rings is 2. The highest BCUT2D eigenvalue weighted by atomic mass is 32.2. The molecule has 0 aromatic heterocycles. The van der Waals surface area contributed by atoms with Crippen LogP contribution in [0.4, 0.5) is 0 Å². The molecule has 0 amide bonds. The summed E-state index contributed by atoms with van der Waals surface area (Å²) in [5.74, 6) is -0.809. The maximum atomic E-state index is 11.5. The molecule has 3 heteroatoms. The topological polar surface area (TPSA) is 37.3 Å². The Hall–Kier alpha value is -1.74. The summed E-state index contributed by atoms with van der Waals surface area (Å²) in [7, 11) is 0. The average Bonchev–Trinajstić information content (AvgIpc) is 2.38. The Morgan fingerprint density at radius 2 is 1.79 bits per heavy atom. The fourth-order valence-electron chi connectivity index (χ4n) is 1.95. The van der Waals surface area contributed by atoms with E-state index in [2.05, 4.69) is 6.07 Å². The Morgan fingerprint density at radius 1 is 1.11 bits per heavy atom. The van der Waals surface area contributed by atoms with E-state index in [9.17, 15) is 9.90 Å². The minimum atomic E-state index is -0.809. The van der Waals surface area contributed by atoms with Gasteiger partial charge in [-0.3, -0.25) is 4.79 Å². The summed E-state index contributed by atoms with van der Waals surface area (Å²) in [5.41, 5.74) is 3.13. The van der Waals surface area contributed by atoms with E-state index in [0.29, 0.717) is 0 Å². The molecule has 0 bridgehead atoms. The van der Waals surface area contributed by atoms with E-state index in [1.54, 1.807) is 0 Å². The minimum absolute atomic E-state index is 0.567. The van der Waals surface area contributed by atoms with E-state index in [-0.39, 0.29) is 0 Å². The normalized spacial score (nSPS) is 12.1. The molecule has 0 fully saturated rings. The van der Waals surface area contributed by atoms with Gasteiger partial charge in [0.15, 0.2) is 0 Å². The second-order valence-electron chi connectivity index (χ2n) is 4.52. The van der Waals surface area contributed by atoms with Crippen LogP contribution in [0.1, 0.15) is 21.9 Å². The SMILES string of the molecule is Cc1ccc(S[C@@H](C(=O)O)c2ccccc2)c(C)c1. The van der Waals surface area contributed by atoms with Gasteiger partial charge in [-0.2, -0.15) is 0 Å². The highest BCUT2D eigenvalue weighted by Gasteiger charge is 2.21. The fraction of sp³-hybridized carbons (Fsp3) is 0.188. The number of carbonyl (C=O) groups is 1. The van der Waals surface area contributed by atoms with Crippen molar-refractivity contribution in [1.82, 2.24) is 0 Å². The predicted molar refractivity (Wildman–Crippen MR) is 78.6 cm³/mol. The summed E-state index contributed by atoms with van der Waals surface area (Å²) in [4.78, 5) is 12.5. The molecule has 2 rings (SSSR count). The molecule has 0 aliphatic heterocycles. The molecule has 0 aliphatic rings. The molecular weight excluding hydrogens is 256 g/mol. The van der Waals surface area contributed by atoms with E-state index < -0.39 is 11.2 Å². The molecule has 0 spiro atoms. The molecule has 98 valence electrons. The van der Waals surface area contributed by atoms with Crippen LogP contribution in [0.5, 0.6) is 0 Å². The maximum absolute atomic E-state index is 11.5. The lowest BCUT2D eigenvalue weighted by molar-refractivity contribution is -0.136. The van der Waals surface area contributed by atoms with Gasteiger partial charge in [0.1, 0.15) is 5.25 Å². The van der Waals surface area contributed by atoms with Crippen molar-refractivity contribution in [2.75, 3.05) is 0 Å². The number of carboxylic acids is 1. The van der Waals surface area contributed by atoms with Crippen LogP contribution in [0.15, 0.2) is 53.4 Å². The van der Waals surface area contributed by atoms with Gasteiger partial charge in [-0.1, -0.05) is 48.0 Å². The second-order valence-corrected chi connectivity index (χ2v) is 5.66. The predicted octanol–water partition coefficient (Wildman–Crippen LogP) is 4.22. The second kappa shape index (κ2) is 5.93. The van der Waals surface area contributed by atoms with Gasteiger partial charge in [0.2, 0.25) is 0 Å². The molecule has 1 atom stereocenters. The summed E-state index contributed by atoms with van der Waals surface area (Å²) in [5, 5.41) is 8.85. The van der Waals surface area contributed by atoms with Crippen molar-refractivity contribution in [3.8, 4) is 0 Å². The Labute approximate surface area is 117 Å². The summed E-state index contributed by atoms with van der Waals surface area (Å²) in [6.07, 6.45) is 0. The molecule has 2 aromatic carbocycles. The van der Waals surface area contributed by atoms with Gasteiger partial charge in [0, 0.05) is 4.90 Å². The third kappa shape index (κ3) is 3.38. The molecule has 0 heterocycles. The third-order valence-corrected chi connectivity index (χ3v) is 4.32. The number of aliphatic carboxylic acids is 1. The summed E-state index contributed by atoms with van der Waals surface area (Å²) in [6, 6.07) is 15.4. The van der Waals surface area contributed by atoms with E-state index in [1.807, 2.05) is 56.3 Å². The smallest absolute Gasteiger partial charge is 0.321 e. The Bertz CT molecular complexity index is 579. The molecule has 2 nitrogen and oxygen atoms in total. The molecule has 0 unspecified atom stereocenters. The number of carboxylic acid groups (broad SMARTS) is 1. The number of rotatable bonds is 4. The van der Waals surface area contributed by atoms with Crippen molar-refractivity contribution in [3.05, 3.63) is 65.2 Å². The first kappa shape index (κ1) is 13.7. The quantitative estimate of drug-likeness (QED) is 0.847. The number of hydrogen-bond acceptors (Lipinski definition) is 2. The van der Waals surface area contributed by atoms with Crippen LogP contribution in [0.3, 0.4) is 0 Å². The number of aryl methyl sites for hydroxylation is 2. The van der Waals surface area contributed by atoms with Crippen molar-refractivity contribution in [3.63, 3.8) is 0 Å². The Kier molecular flexibility index (Phi) is 4.27. The lowest BCUT2D eigenvalue weighted by atomic mass is 10.1. The third-order valence-electron chi connectivity index (χ3n) is 2.90. The first-order valence-electron chi connectivity index (χ1n) is 6.09. The largest absolute Gasteiger partial charge is 0.480 e. The van der Waals surface area contributed by atoms with E-state index >= 15 is 0 Å². The van der Waals surface area contributed by atoms with Crippen LogP contribution in [0, 0.1) is 13.8 Å². The van der Waals surface area contributed by atoms with Crippen LogP contribution >= 0.6 is 11.8 Å². The van der Waals surface area contributed by atoms with Crippen molar-refractivity contribution in [1.29, 1.82) is 0 Å². The lowest BCUT2D eigenvalue weighted by Crippen LogP contribution is -2.08. The van der Waals surface area contributed by atoms with Crippen LogP contribution in [0.2, 0.25) is 0 Å². The monoisotopic (exact) mass is 272 g/mol. The zero-order chi connectivity index (χ0) is 13.8. The highest BCUT2D eigenvalue weighted by molar-refractivity contribution is 8.00. The molecule has 0 saturated carbocycles. The summed E-state index contributed by atoms with van der Waals surface area (Å²) in [6.45, 7) is 4.05. The van der Waals surface area contributed by atoms with Gasteiger partial charge in [-0.05, 0) is 31.0 Å². The van der Waals surface area contributed by atoms with Gasteiger partial charge in [-0.15, -0.1) is 11.8 Å². The molecular formula is C16H16O2S. The van der Waals surface area contributed by atoms with Crippen LogP contribution in [-0.2, 0) is 4.79 Å². The molecule has 19 heavy (non-hydrogen) atoms. The molecule has 0 aliphatic carbocycles. The van der Waals surface area contributed by atoms with Crippen LogP contribution < -0.4 is 0 Å². The van der Waals surface area contributed by atoms with E-state index in [4.69, 9.17) is 0 Å². The first-order valence-corrected chi connectivity index (χ1v) is 6.97. The Morgan fingerprint density at radius 3 is 2.37 bits per heavy atom. The molecule has 1 N–H and O–H groups in total. The molecule has 2 aromatic rings. The number of thioether (sulfide) groups is 1. The van der Waals surface area contributed by atoms with Gasteiger partial charge in [0.05, 0.1) is 0 Å². The highest BCUT2D eigenvalue weighted by Crippen LogP contribution is 2.37. The van der Waals surface area contributed by atoms with Gasteiger partial charge in [-0.25, -0.2) is 0 Å². The summed E-state index contributed by atoms with van der Waals surface area (Å²) >= 11 is 1.39. The van der Waals surface area contributed by atoms with Gasteiger partial charge >= 0.3 is 5.97 Å². The molecule has 0 radical (unpaired) electrons. The average molecular weight is 272 g/mol. The zero-order valence-electron chi connectivity index (χ0n) is 11.0. The van der Waals surface area contributed by atoms with Crippen molar-refractivity contribution >= 4 is 17.7 Å². The van der Waals surface area contributed by atoms with E-state index in [0.717, 1.165) is 16.0 Å². The van der Waals surface area contributed by atoms with E-state index in [1.165, 1.54) is 17.3 Å². The zero-order valence-corrected chi connectivity index (χ0v) is 11.8. The first-order chi connectivity index (χ1) is 9.08. The van der Waals surface area contributed by atoms with Crippen molar-refractivity contribution in [2.45, 2.75) is 24.0 Å². The summed E-state index contributed by atoms with van der Waals surface area (Å²) < 4.78 is 0. The van der Waals surface area contributed by atoms with Crippen molar-refractivity contribution < 1.29 is 9.90 Å². The number of hydrogen-bond donors (Lipinski definition) is 1. The Balaban J connectivity index is 2.29.